The van der Waals surface area contributed by atoms with Crippen LogP contribution in [0.5, 0.6) is 0 Å². The van der Waals surface area contributed by atoms with E-state index in [1.54, 1.807) is 12.1 Å². The van der Waals surface area contributed by atoms with Crippen molar-refractivity contribution in [3.8, 4) is 22.9 Å². The number of hydrogen-bond donors (Lipinski definition) is 2. The van der Waals surface area contributed by atoms with Crippen LogP contribution in [-0.2, 0) is 11.3 Å². The smallest absolute Gasteiger partial charge is 0.248 e. The van der Waals surface area contributed by atoms with Crippen molar-refractivity contribution in [2.45, 2.75) is 33.4 Å². The van der Waals surface area contributed by atoms with Crippen molar-refractivity contribution < 1.29 is 9.53 Å². The first-order valence-electron chi connectivity index (χ1n) is 11.5. The Hall–Kier alpha value is -3.57. The lowest BCUT2D eigenvalue weighted by molar-refractivity contribution is 0.0321. The molecule has 1 unspecified atom stereocenters. The molecule has 1 aliphatic heterocycles. The number of nitrogens with one attached hydrogen (secondary N) is 1. The molecule has 5 rings (SSSR count). The molecule has 11 nitrogen and oxygen atoms in total. The summed E-state index contributed by atoms with van der Waals surface area (Å²) in [6.07, 6.45) is 1.81. The van der Waals surface area contributed by atoms with E-state index in [9.17, 15) is 4.79 Å². The van der Waals surface area contributed by atoms with Gasteiger partial charge in [-0.2, -0.15) is 15.3 Å². The number of nitrogens with zero attached hydrogens (tertiary/aromatic N) is 7. The lowest BCUT2D eigenvalue weighted by Gasteiger charge is -2.29. The number of ether oxygens (including phenoxy) is 1. The molecule has 0 saturated carbocycles. The lowest BCUT2D eigenvalue weighted by Crippen LogP contribution is -2.39. The highest BCUT2D eigenvalue weighted by Crippen LogP contribution is 2.31. The fourth-order valence-electron chi connectivity index (χ4n) is 4.53. The molecule has 4 heterocycles. The van der Waals surface area contributed by atoms with Gasteiger partial charge in [0.1, 0.15) is 5.69 Å². The third-order valence-electron chi connectivity index (χ3n) is 6.21. The molecule has 0 aliphatic carbocycles. The molecule has 1 saturated heterocycles. The van der Waals surface area contributed by atoms with Crippen LogP contribution in [0.4, 0.5) is 0 Å². The Morgan fingerprint density at radius 1 is 1.26 bits per heavy atom. The summed E-state index contributed by atoms with van der Waals surface area (Å²) in [6, 6.07) is 5.59. The number of hydrogen-bond acceptors (Lipinski definition) is 7. The van der Waals surface area contributed by atoms with Gasteiger partial charge in [0.2, 0.25) is 5.91 Å². The van der Waals surface area contributed by atoms with Crippen molar-refractivity contribution in [3.63, 3.8) is 0 Å². The molecule has 3 N–H and O–H groups in total. The fourth-order valence-corrected chi connectivity index (χ4v) is 4.53. The highest BCUT2D eigenvalue weighted by molar-refractivity contribution is 6.02. The van der Waals surface area contributed by atoms with E-state index in [0.29, 0.717) is 29.3 Å². The van der Waals surface area contributed by atoms with Gasteiger partial charge < -0.3 is 10.5 Å². The predicted molar refractivity (Wildman–Crippen MR) is 127 cm³/mol. The number of carbonyl (C=O) groups excluding carboxylic acids is 1. The van der Waals surface area contributed by atoms with Crippen LogP contribution in [0.25, 0.3) is 33.8 Å². The van der Waals surface area contributed by atoms with Gasteiger partial charge in [-0.3, -0.25) is 24.2 Å². The Bertz CT molecular complexity index is 1330. The van der Waals surface area contributed by atoms with E-state index in [-0.39, 0.29) is 6.04 Å². The van der Waals surface area contributed by atoms with Gasteiger partial charge in [-0.05, 0) is 39.0 Å². The number of rotatable bonds is 7. The SMILES string of the molecule is CCn1nc(C)cc1-c1nc(-c2cc(C(N)=O)cc3c2cnn3C(C)CN2CCOCC2)n[nH]1. The molecular weight excluding hydrogens is 434 g/mol. The monoisotopic (exact) mass is 463 g/mol. The number of benzene rings is 1. The predicted octanol–water partition coefficient (Wildman–Crippen LogP) is 2.01. The second-order valence-electron chi connectivity index (χ2n) is 8.67. The number of aryl methyl sites for hydroxylation is 2. The molecule has 0 radical (unpaired) electrons. The van der Waals surface area contributed by atoms with E-state index in [2.05, 4.69) is 32.2 Å². The molecule has 11 heteroatoms. The van der Waals surface area contributed by atoms with Crippen LogP contribution in [0.15, 0.2) is 24.4 Å². The van der Waals surface area contributed by atoms with E-state index in [1.807, 2.05) is 35.5 Å². The van der Waals surface area contributed by atoms with Gasteiger partial charge in [0.15, 0.2) is 11.6 Å². The van der Waals surface area contributed by atoms with Crippen molar-refractivity contribution in [3.05, 3.63) is 35.7 Å². The summed E-state index contributed by atoms with van der Waals surface area (Å²) in [5.41, 5.74) is 9.37. The van der Waals surface area contributed by atoms with Crippen molar-refractivity contribution >= 4 is 16.8 Å². The summed E-state index contributed by atoms with van der Waals surface area (Å²) < 4.78 is 9.28. The van der Waals surface area contributed by atoms with Crippen LogP contribution >= 0.6 is 0 Å². The number of morpholine rings is 1. The van der Waals surface area contributed by atoms with Gasteiger partial charge in [0.05, 0.1) is 36.7 Å². The quantitative estimate of drug-likeness (QED) is 0.428. The van der Waals surface area contributed by atoms with Crippen molar-refractivity contribution in [1.82, 2.24) is 39.6 Å². The first kappa shape index (κ1) is 22.2. The second-order valence-corrected chi connectivity index (χ2v) is 8.67. The molecule has 34 heavy (non-hydrogen) atoms. The molecule has 1 aliphatic rings. The van der Waals surface area contributed by atoms with E-state index in [4.69, 9.17) is 15.5 Å². The molecule has 3 aromatic heterocycles. The van der Waals surface area contributed by atoms with Crippen LogP contribution in [-0.4, -0.2) is 78.4 Å². The van der Waals surface area contributed by atoms with Gasteiger partial charge in [0, 0.05) is 42.7 Å². The summed E-state index contributed by atoms with van der Waals surface area (Å²) in [5, 5.41) is 17.5. The van der Waals surface area contributed by atoms with Crippen LogP contribution in [0.2, 0.25) is 0 Å². The molecule has 1 fully saturated rings. The molecule has 0 bridgehead atoms. The summed E-state index contributed by atoms with van der Waals surface area (Å²) in [5.74, 6) is 0.584. The van der Waals surface area contributed by atoms with Gasteiger partial charge in [-0.15, -0.1) is 0 Å². The van der Waals surface area contributed by atoms with Gasteiger partial charge >= 0.3 is 0 Å². The molecule has 1 atom stereocenters. The maximum Gasteiger partial charge on any atom is 0.248 e. The van der Waals surface area contributed by atoms with E-state index in [1.165, 1.54) is 0 Å². The Kier molecular flexibility index (Phi) is 5.88. The third kappa shape index (κ3) is 4.08. The number of aromatic amines is 1. The van der Waals surface area contributed by atoms with E-state index < -0.39 is 5.91 Å². The zero-order valence-corrected chi connectivity index (χ0v) is 19.7. The molecule has 0 spiro atoms. The number of amides is 1. The number of aromatic nitrogens is 7. The number of carbonyl (C=O) groups is 1. The molecule has 4 aromatic rings. The van der Waals surface area contributed by atoms with Crippen LogP contribution < -0.4 is 5.73 Å². The highest BCUT2D eigenvalue weighted by atomic mass is 16.5. The Balaban J connectivity index is 1.55. The maximum atomic E-state index is 12.2. The van der Waals surface area contributed by atoms with Crippen molar-refractivity contribution in [1.29, 1.82) is 0 Å². The first-order valence-corrected chi connectivity index (χ1v) is 11.5. The minimum absolute atomic E-state index is 0.0937. The zero-order chi connectivity index (χ0) is 23.8. The summed E-state index contributed by atoms with van der Waals surface area (Å²) in [6.45, 7) is 10.9. The summed E-state index contributed by atoms with van der Waals surface area (Å²) in [4.78, 5) is 19.3. The van der Waals surface area contributed by atoms with Crippen LogP contribution in [0.1, 0.15) is 35.9 Å². The Morgan fingerprint density at radius 2 is 2.06 bits per heavy atom. The Labute approximate surface area is 196 Å². The normalized spacial score (nSPS) is 15.7. The number of primary amides is 1. The number of fused-ring (bicyclic) bond motifs is 1. The fraction of sp³-hybridized carbons (Fsp3) is 0.435. The van der Waals surface area contributed by atoms with E-state index >= 15 is 0 Å². The van der Waals surface area contributed by atoms with Crippen molar-refractivity contribution in [2.75, 3.05) is 32.8 Å². The van der Waals surface area contributed by atoms with Crippen molar-refractivity contribution in [2.24, 2.45) is 5.73 Å². The second kappa shape index (κ2) is 8.99. The number of H-pyrrole nitrogens is 1. The minimum atomic E-state index is -0.507. The summed E-state index contributed by atoms with van der Waals surface area (Å²) >= 11 is 0. The van der Waals surface area contributed by atoms with Gasteiger partial charge in [-0.25, -0.2) is 4.98 Å². The Morgan fingerprint density at radius 3 is 2.79 bits per heavy atom. The summed E-state index contributed by atoms with van der Waals surface area (Å²) in [7, 11) is 0. The molecule has 178 valence electrons. The molecule has 1 amide bonds. The first-order chi connectivity index (χ1) is 16.4. The topological polar surface area (TPSA) is 133 Å². The maximum absolute atomic E-state index is 12.2. The lowest BCUT2D eigenvalue weighted by atomic mass is 10.0. The van der Waals surface area contributed by atoms with Crippen LogP contribution in [0, 0.1) is 6.92 Å². The van der Waals surface area contributed by atoms with Gasteiger partial charge in [0.25, 0.3) is 0 Å². The highest BCUT2D eigenvalue weighted by Gasteiger charge is 2.21. The zero-order valence-electron chi connectivity index (χ0n) is 19.7. The number of nitrogens with two attached hydrogens (primary N) is 1. The molecular formula is C23H29N9O2. The molecule has 1 aromatic carbocycles. The minimum Gasteiger partial charge on any atom is -0.379 e. The van der Waals surface area contributed by atoms with E-state index in [0.717, 1.165) is 55.1 Å². The van der Waals surface area contributed by atoms with Crippen LogP contribution in [0.3, 0.4) is 0 Å². The average molecular weight is 464 g/mol. The average Bonchev–Trinajstić information content (AvgIpc) is 3.56. The van der Waals surface area contributed by atoms with Gasteiger partial charge in [-0.1, -0.05) is 0 Å². The standard InChI is InChI=1S/C23H29N9O2/c1-4-31-20(9-14(2)29-31)23-26-22(27-28-23)17-10-16(21(24)33)11-19-18(17)12-25-32(19)15(3)13-30-5-7-34-8-6-30/h9-12,15H,4-8,13H2,1-3H3,(H2,24,33)(H,26,27,28). The largest absolute Gasteiger partial charge is 0.379 e. The third-order valence-corrected chi connectivity index (χ3v) is 6.21.